The number of nitrogens with zero attached hydrogens (tertiary/aromatic N) is 2. The van der Waals surface area contributed by atoms with Crippen molar-refractivity contribution in [3.05, 3.63) is 42.1 Å². The van der Waals surface area contributed by atoms with Gasteiger partial charge in [-0.15, -0.1) is 0 Å². The molecule has 0 amide bonds. The minimum Gasteiger partial charge on any atom is -0.321 e. The van der Waals surface area contributed by atoms with Gasteiger partial charge >= 0.3 is 0 Å². The van der Waals surface area contributed by atoms with Gasteiger partial charge in [0.25, 0.3) is 0 Å². The largest absolute Gasteiger partial charge is 0.321 e. The zero-order valence-electron chi connectivity index (χ0n) is 10.6. The van der Waals surface area contributed by atoms with Crippen LogP contribution >= 0.6 is 0 Å². The van der Waals surface area contributed by atoms with Crippen molar-refractivity contribution in [2.45, 2.75) is 0 Å². The summed E-state index contributed by atoms with van der Waals surface area (Å²) >= 11 is 0. The fraction of sp³-hybridized carbons (Fsp3) is 0.267. The molecule has 1 aromatic heterocycles. The van der Waals surface area contributed by atoms with Gasteiger partial charge in [0, 0.05) is 17.1 Å². The molecule has 1 aromatic carbocycles. The summed E-state index contributed by atoms with van der Waals surface area (Å²) in [5, 5.41) is 1.14. The van der Waals surface area contributed by atoms with Crippen molar-refractivity contribution in [1.29, 1.82) is 0 Å². The highest BCUT2D eigenvalue weighted by molar-refractivity contribution is 5.79. The summed E-state index contributed by atoms with van der Waals surface area (Å²) in [5.74, 6) is 6.41. The lowest BCUT2D eigenvalue weighted by Crippen LogP contribution is -2.34. The SMILES string of the molecule is C[N+](C)(C)CC#Cc1ccc2ncccc2c1. The van der Waals surface area contributed by atoms with Gasteiger partial charge in [-0.25, -0.2) is 0 Å². The van der Waals surface area contributed by atoms with E-state index in [-0.39, 0.29) is 0 Å². The molecule has 0 saturated carbocycles. The standard InChI is InChI=1S/C15H17N2/c1-17(2,3)11-5-6-13-8-9-15-14(12-13)7-4-10-16-15/h4,7-10,12H,11H2,1-3H3/q+1. The average Bonchev–Trinajstić information content (AvgIpc) is 2.27. The lowest BCUT2D eigenvalue weighted by molar-refractivity contribution is -0.862. The normalized spacial score (nSPS) is 11.0. The van der Waals surface area contributed by atoms with E-state index in [4.69, 9.17) is 0 Å². The molecule has 1 heterocycles. The van der Waals surface area contributed by atoms with Gasteiger partial charge in [0.05, 0.1) is 26.7 Å². The Morgan fingerprint density at radius 3 is 2.76 bits per heavy atom. The first kappa shape index (κ1) is 11.6. The molecule has 2 nitrogen and oxygen atoms in total. The molecule has 0 spiro atoms. The van der Waals surface area contributed by atoms with Gasteiger partial charge in [0.1, 0.15) is 6.54 Å². The van der Waals surface area contributed by atoms with Gasteiger partial charge < -0.3 is 4.48 Å². The first-order valence-corrected chi connectivity index (χ1v) is 5.69. The number of hydrogen-bond donors (Lipinski definition) is 0. The minimum absolute atomic E-state index is 0.852. The van der Waals surface area contributed by atoms with Crippen molar-refractivity contribution in [2.24, 2.45) is 0 Å². The number of rotatable bonds is 1. The maximum absolute atomic E-state index is 4.29. The van der Waals surface area contributed by atoms with Gasteiger partial charge in [-0.2, -0.15) is 0 Å². The Morgan fingerprint density at radius 2 is 2.00 bits per heavy atom. The van der Waals surface area contributed by atoms with E-state index in [0.29, 0.717) is 0 Å². The van der Waals surface area contributed by atoms with Crippen molar-refractivity contribution < 1.29 is 4.48 Å². The van der Waals surface area contributed by atoms with E-state index in [1.165, 1.54) is 0 Å². The third kappa shape index (κ3) is 3.30. The number of aromatic nitrogens is 1. The molecule has 0 radical (unpaired) electrons. The summed E-state index contributed by atoms with van der Waals surface area (Å²) < 4.78 is 0.863. The smallest absolute Gasteiger partial charge is 0.140 e. The van der Waals surface area contributed by atoms with Gasteiger partial charge in [0.15, 0.2) is 0 Å². The molecular weight excluding hydrogens is 208 g/mol. The molecule has 0 atom stereocenters. The fourth-order valence-corrected chi connectivity index (χ4v) is 1.53. The third-order valence-corrected chi connectivity index (χ3v) is 2.39. The second-order valence-corrected chi connectivity index (χ2v) is 5.16. The van der Waals surface area contributed by atoms with Crippen LogP contribution in [0.3, 0.4) is 0 Å². The maximum atomic E-state index is 4.29. The molecule has 0 aliphatic carbocycles. The van der Waals surface area contributed by atoms with Gasteiger partial charge in [-0.05, 0) is 30.2 Å². The Morgan fingerprint density at radius 1 is 1.18 bits per heavy atom. The summed E-state index contributed by atoms with van der Waals surface area (Å²) in [6.45, 7) is 0.852. The lowest BCUT2D eigenvalue weighted by atomic mass is 10.1. The number of pyridine rings is 1. The van der Waals surface area contributed by atoms with Crippen LogP contribution < -0.4 is 0 Å². The summed E-state index contributed by atoms with van der Waals surface area (Å²) in [6, 6.07) is 10.1. The van der Waals surface area contributed by atoms with Crippen LogP contribution in [0.25, 0.3) is 10.9 Å². The quantitative estimate of drug-likeness (QED) is 0.536. The Hall–Kier alpha value is -1.85. The van der Waals surface area contributed by atoms with Crippen molar-refractivity contribution in [3.63, 3.8) is 0 Å². The second-order valence-electron chi connectivity index (χ2n) is 5.16. The molecule has 17 heavy (non-hydrogen) atoms. The van der Waals surface area contributed by atoms with Crippen LogP contribution in [-0.4, -0.2) is 37.2 Å². The Balaban J connectivity index is 2.25. The highest BCUT2D eigenvalue weighted by atomic mass is 15.3. The first-order chi connectivity index (χ1) is 8.04. The molecule has 0 saturated heterocycles. The van der Waals surface area contributed by atoms with Crippen LogP contribution in [0.15, 0.2) is 36.5 Å². The topological polar surface area (TPSA) is 12.9 Å². The van der Waals surface area contributed by atoms with Gasteiger partial charge in [0.2, 0.25) is 0 Å². The van der Waals surface area contributed by atoms with Crippen molar-refractivity contribution in [1.82, 2.24) is 4.98 Å². The summed E-state index contributed by atoms with van der Waals surface area (Å²) in [5.41, 5.74) is 2.07. The summed E-state index contributed by atoms with van der Waals surface area (Å²) in [6.07, 6.45) is 1.81. The fourth-order valence-electron chi connectivity index (χ4n) is 1.53. The highest BCUT2D eigenvalue weighted by Gasteiger charge is 2.01. The molecule has 0 aliphatic heterocycles. The Labute approximate surface area is 102 Å². The zero-order valence-corrected chi connectivity index (χ0v) is 10.6. The van der Waals surface area contributed by atoms with E-state index in [9.17, 15) is 0 Å². The van der Waals surface area contributed by atoms with Crippen LogP contribution in [0.2, 0.25) is 0 Å². The highest BCUT2D eigenvalue weighted by Crippen LogP contribution is 2.12. The van der Waals surface area contributed by atoms with E-state index in [1.54, 1.807) is 0 Å². The van der Waals surface area contributed by atoms with Crippen LogP contribution in [0.4, 0.5) is 0 Å². The molecule has 2 rings (SSSR count). The predicted octanol–water partition coefficient (Wildman–Crippen LogP) is 2.29. The second kappa shape index (κ2) is 4.57. The van der Waals surface area contributed by atoms with Crippen molar-refractivity contribution >= 4 is 10.9 Å². The Bertz CT molecular complexity index is 583. The first-order valence-electron chi connectivity index (χ1n) is 5.69. The zero-order chi connectivity index (χ0) is 12.3. The van der Waals surface area contributed by atoms with E-state index >= 15 is 0 Å². The molecule has 86 valence electrons. The van der Waals surface area contributed by atoms with Crippen LogP contribution in [0.5, 0.6) is 0 Å². The monoisotopic (exact) mass is 225 g/mol. The molecule has 0 aliphatic rings. The molecule has 2 heteroatoms. The molecular formula is C15H17N2+. The van der Waals surface area contributed by atoms with E-state index in [2.05, 4.69) is 50.1 Å². The number of hydrogen-bond acceptors (Lipinski definition) is 1. The van der Waals surface area contributed by atoms with E-state index < -0.39 is 0 Å². The average molecular weight is 225 g/mol. The van der Waals surface area contributed by atoms with Crippen molar-refractivity contribution in [3.8, 4) is 11.8 Å². The molecule has 0 fully saturated rings. The third-order valence-electron chi connectivity index (χ3n) is 2.39. The number of quaternary nitrogens is 1. The van der Waals surface area contributed by atoms with Gasteiger partial charge in [-0.1, -0.05) is 12.0 Å². The lowest BCUT2D eigenvalue weighted by Gasteiger charge is -2.19. The predicted molar refractivity (Wildman–Crippen MR) is 71.5 cm³/mol. The van der Waals surface area contributed by atoms with Crippen LogP contribution in [0.1, 0.15) is 5.56 Å². The minimum atomic E-state index is 0.852. The van der Waals surface area contributed by atoms with Crippen LogP contribution in [0, 0.1) is 11.8 Å². The Kier molecular flexibility index (Phi) is 3.12. The van der Waals surface area contributed by atoms with E-state index in [0.717, 1.165) is 27.5 Å². The molecule has 0 N–H and O–H groups in total. The van der Waals surface area contributed by atoms with Gasteiger partial charge in [-0.3, -0.25) is 4.98 Å². The molecule has 2 aromatic rings. The maximum Gasteiger partial charge on any atom is 0.140 e. The molecule has 0 bridgehead atoms. The van der Waals surface area contributed by atoms with Crippen molar-refractivity contribution in [2.75, 3.05) is 27.7 Å². The molecule has 0 unspecified atom stereocenters. The summed E-state index contributed by atoms with van der Waals surface area (Å²) in [4.78, 5) is 4.29. The number of benzene rings is 1. The summed E-state index contributed by atoms with van der Waals surface area (Å²) in [7, 11) is 6.41. The number of fused-ring (bicyclic) bond motifs is 1. The van der Waals surface area contributed by atoms with E-state index in [1.807, 2.05) is 24.4 Å². The van der Waals surface area contributed by atoms with Crippen LogP contribution in [-0.2, 0) is 0 Å².